The van der Waals surface area contributed by atoms with E-state index in [9.17, 15) is 0 Å². The van der Waals surface area contributed by atoms with Crippen molar-refractivity contribution < 1.29 is 0 Å². The van der Waals surface area contributed by atoms with E-state index >= 15 is 0 Å². The maximum atomic E-state index is 3.44. The fraction of sp³-hybridized carbons (Fsp3) is 1.00. The van der Waals surface area contributed by atoms with Gasteiger partial charge in [0.2, 0.25) is 0 Å². The Morgan fingerprint density at radius 1 is 1.12 bits per heavy atom. The molecule has 1 heterocycles. The third kappa shape index (κ3) is 5.28. The summed E-state index contributed by atoms with van der Waals surface area (Å²) in [6, 6.07) is 0.676. The summed E-state index contributed by atoms with van der Waals surface area (Å²) in [6.45, 7) is 10.7. The van der Waals surface area contributed by atoms with Crippen LogP contribution < -0.4 is 5.32 Å². The number of nitrogens with one attached hydrogen (secondary N) is 1. The van der Waals surface area contributed by atoms with Gasteiger partial charge in [0.05, 0.1) is 0 Å². The van der Waals surface area contributed by atoms with E-state index in [2.05, 4.69) is 43.1 Å². The summed E-state index contributed by atoms with van der Waals surface area (Å²) in [5, 5.41) is 3.44. The molecule has 3 heteroatoms. The summed E-state index contributed by atoms with van der Waals surface area (Å²) in [6.07, 6.45) is 2.70. The van der Waals surface area contributed by atoms with E-state index < -0.39 is 0 Å². The molecule has 0 aromatic carbocycles. The van der Waals surface area contributed by atoms with E-state index in [1.165, 1.54) is 45.6 Å². The largest absolute Gasteiger partial charge is 0.317 e. The molecule has 0 bridgehead atoms. The average Bonchev–Trinajstić information content (AvgIpc) is 2.25. The zero-order valence-electron chi connectivity index (χ0n) is 11.5. The highest BCUT2D eigenvalue weighted by molar-refractivity contribution is 4.74. The van der Waals surface area contributed by atoms with Crippen molar-refractivity contribution in [2.24, 2.45) is 5.92 Å². The van der Waals surface area contributed by atoms with Gasteiger partial charge in [-0.1, -0.05) is 0 Å². The molecule has 96 valence electrons. The highest BCUT2D eigenvalue weighted by Crippen LogP contribution is 2.14. The van der Waals surface area contributed by atoms with Crippen LogP contribution in [0.3, 0.4) is 0 Å². The van der Waals surface area contributed by atoms with Gasteiger partial charge in [0.15, 0.2) is 0 Å². The third-order valence-corrected chi connectivity index (χ3v) is 3.52. The van der Waals surface area contributed by atoms with Crippen LogP contribution in [0.2, 0.25) is 0 Å². The van der Waals surface area contributed by atoms with Crippen LogP contribution in [0.15, 0.2) is 0 Å². The van der Waals surface area contributed by atoms with Gasteiger partial charge in [-0.05, 0) is 59.8 Å². The molecule has 1 rings (SSSR count). The zero-order chi connectivity index (χ0) is 12.0. The first kappa shape index (κ1) is 13.9. The maximum absolute atomic E-state index is 3.44. The van der Waals surface area contributed by atoms with Crippen molar-refractivity contribution in [2.75, 3.05) is 46.8 Å². The van der Waals surface area contributed by atoms with Crippen molar-refractivity contribution in [3.8, 4) is 0 Å². The Labute approximate surface area is 101 Å². The SMILES string of the molecule is CC(C)N(CCN(C)C)CC1CCNCC1. The summed E-state index contributed by atoms with van der Waals surface area (Å²) in [5.74, 6) is 0.908. The highest BCUT2D eigenvalue weighted by atomic mass is 15.2. The molecule has 1 N–H and O–H groups in total. The predicted octanol–water partition coefficient (Wildman–Crippen LogP) is 1.26. The molecular weight excluding hydrogens is 198 g/mol. The van der Waals surface area contributed by atoms with Gasteiger partial charge in [-0.25, -0.2) is 0 Å². The Kier molecular flexibility index (Phi) is 6.32. The molecule has 1 aliphatic rings. The normalized spacial score (nSPS) is 18.9. The molecule has 1 fully saturated rings. The molecule has 0 aromatic rings. The number of hydrogen-bond donors (Lipinski definition) is 1. The van der Waals surface area contributed by atoms with E-state index in [0.29, 0.717) is 6.04 Å². The molecule has 0 atom stereocenters. The molecule has 16 heavy (non-hydrogen) atoms. The summed E-state index contributed by atoms with van der Waals surface area (Å²) in [4.78, 5) is 4.91. The molecule has 0 radical (unpaired) electrons. The second kappa shape index (κ2) is 7.25. The quantitative estimate of drug-likeness (QED) is 0.737. The molecule has 0 unspecified atom stereocenters. The van der Waals surface area contributed by atoms with Gasteiger partial charge in [0.1, 0.15) is 0 Å². The third-order valence-electron chi connectivity index (χ3n) is 3.52. The van der Waals surface area contributed by atoms with E-state index in [-0.39, 0.29) is 0 Å². The molecule has 0 spiro atoms. The summed E-state index contributed by atoms with van der Waals surface area (Å²) >= 11 is 0. The maximum Gasteiger partial charge on any atom is 0.0112 e. The van der Waals surface area contributed by atoms with Crippen molar-refractivity contribution in [3.05, 3.63) is 0 Å². The number of hydrogen-bond acceptors (Lipinski definition) is 3. The Morgan fingerprint density at radius 2 is 1.75 bits per heavy atom. The van der Waals surface area contributed by atoms with Crippen LogP contribution in [0.4, 0.5) is 0 Å². The van der Waals surface area contributed by atoms with Crippen molar-refractivity contribution >= 4 is 0 Å². The molecular formula is C13H29N3. The van der Waals surface area contributed by atoms with E-state index in [4.69, 9.17) is 0 Å². The molecule has 1 saturated heterocycles. The molecule has 0 amide bonds. The van der Waals surface area contributed by atoms with E-state index in [0.717, 1.165) is 5.92 Å². The first-order chi connectivity index (χ1) is 7.59. The summed E-state index contributed by atoms with van der Waals surface area (Å²) in [5.41, 5.74) is 0. The van der Waals surface area contributed by atoms with Crippen LogP contribution in [0.5, 0.6) is 0 Å². The molecule has 0 aromatic heterocycles. The summed E-state index contributed by atoms with van der Waals surface area (Å²) < 4.78 is 0. The van der Waals surface area contributed by atoms with Gasteiger partial charge < -0.3 is 10.2 Å². The second-order valence-electron chi connectivity index (χ2n) is 5.59. The van der Waals surface area contributed by atoms with Gasteiger partial charge in [0.25, 0.3) is 0 Å². The van der Waals surface area contributed by atoms with Crippen molar-refractivity contribution in [1.82, 2.24) is 15.1 Å². The minimum absolute atomic E-state index is 0.676. The van der Waals surface area contributed by atoms with Crippen LogP contribution in [0.1, 0.15) is 26.7 Å². The number of likely N-dealkylation sites (N-methyl/N-ethyl adjacent to an activating group) is 1. The molecule has 0 aliphatic carbocycles. The van der Waals surface area contributed by atoms with Gasteiger partial charge in [-0.3, -0.25) is 4.90 Å². The lowest BCUT2D eigenvalue weighted by Crippen LogP contribution is -2.42. The van der Waals surface area contributed by atoms with Crippen LogP contribution in [-0.4, -0.2) is 62.7 Å². The Balaban J connectivity index is 2.31. The fourth-order valence-electron chi connectivity index (χ4n) is 2.28. The number of rotatable bonds is 6. The lowest BCUT2D eigenvalue weighted by atomic mass is 9.97. The average molecular weight is 227 g/mol. The Bertz CT molecular complexity index is 174. The van der Waals surface area contributed by atoms with Gasteiger partial charge >= 0.3 is 0 Å². The summed E-state index contributed by atoms with van der Waals surface area (Å²) in [7, 11) is 4.31. The predicted molar refractivity (Wildman–Crippen MR) is 70.9 cm³/mol. The van der Waals surface area contributed by atoms with Crippen molar-refractivity contribution in [3.63, 3.8) is 0 Å². The monoisotopic (exact) mass is 227 g/mol. The van der Waals surface area contributed by atoms with Crippen molar-refractivity contribution in [1.29, 1.82) is 0 Å². The lowest BCUT2D eigenvalue weighted by molar-refractivity contribution is 0.156. The number of piperidine rings is 1. The van der Waals surface area contributed by atoms with Crippen LogP contribution in [-0.2, 0) is 0 Å². The van der Waals surface area contributed by atoms with Crippen molar-refractivity contribution in [2.45, 2.75) is 32.7 Å². The molecule has 3 nitrogen and oxygen atoms in total. The minimum Gasteiger partial charge on any atom is -0.317 e. The Hall–Kier alpha value is -0.120. The Morgan fingerprint density at radius 3 is 2.25 bits per heavy atom. The minimum atomic E-state index is 0.676. The first-order valence-electron chi connectivity index (χ1n) is 6.69. The first-order valence-corrected chi connectivity index (χ1v) is 6.69. The fourth-order valence-corrected chi connectivity index (χ4v) is 2.28. The molecule has 0 saturated carbocycles. The smallest absolute Gasteiger partial charge is 0.0112 e. The van der Waals surface area contributed by atoms with Crippen LogP contribution in [0.25, 0.3) is 0 Å². The molecule has 1 aliphatic heterocycles. The van der Waals surface area contributed by atoms with E-state index in [1.807, 2.05) is 0 Å². The zero-order valence-corrected chi connectivity index (χ0v) is 11.5. The standard InChI is InChI=1S/C13H29N3/c1-12(2)16(10-9-15(3)4)11-13-5-7-14-8-6-13/h12-14H,5-11H2,1-4H3. The van der Waals surface area contributed by atoms with Crippen LogP contribution >= 0.6 is 0 Å². The van der Waals surface area contributed by atoms with Gasteiger partial charge in [-0.15, -0.1) is 0 Å². The lowest BCUT2D eigenvalue weighted by Gasteiger charge is -2.33. The highest BCUT2D eigenvalue weighted by Gasteiger charge is 2.18. The second-order valence-corrected chi connectivity index (χ2v) is 5.59. The number of nitrogens with zero attached hydrogens (tertiary/aromatic N) is 2. The van der Waals surface area contributed by atoms with Gasteiger partial charge in [-0.2, -0.15) is 0 Å². The topological polar surface area (TPSA) is 18.5 Å². The van der Waals surface area contributed by atoms with E-state index in [1.54, 1.807) is 0 Å². The van der Waals surface area contributed by atoms with Gasteiger partial charge in [0, 0.05) is 25.7 Å². The van der Waals surface area contributed by atoms with Crippen LogP contribution in [0, 0.1) is 5.92 Å².